The Balaban J connectivity index is 2.12. The van der Waals surface area contributed by atoms with Gasteiger partial charge in [0.1, 0.15) is 10.6 Å². The lowest BCUT2D eigenvalue weighted by molar-refractivity contribution is 0.477. The summed E-state index contributed by atoms with van der Waals surface area (Å²) < 4.78 is 28.7. The molecule has 0 aliphatic rings. The van der Waals surface area contributed by atoms with Crippen LogP contribution in [0.5, 0.6) is 0 Å². The molecule has 2 aromatic heterocycles. The summed E-state index contributed by atoms with van der Waals surface area (Å²) in [6.45, 7) is 0.138. The fourth-order valence-electron chi connectivity index (χ4n) is 2.34. The van der Waals surface area contributed by atoms with Gasteiger partial charge in [-0.05, 0) is 23.6 Å². The lowest BCUT2D eigenvalue weighted by Gasteiger charge is -2.15. The van der Waals surface area contributed by atoms with Crippen LogP contribution >= 0.6 is 11.3 Å². The van der Waals surface area contributed by atoms with E-state index in [0.717, 1.165) is 10.6 Å². The van der Waals surface area contributed by atoms with E-state index < -0.39 is 10.0 Å². The molecule has 3 rings (SSSR count). The Hall–Kier alpha value is -2.47. The number of hydrogen-bond donors (Lipinski definition) is 0. The van der Waals surface area contributed by atoms with Crippen molar-refractivity contribution in [3.8, 4) is 22.3 Å². The molecule has 0 saturated heterocycles. The Morgan fingerprint density at radius 1 is 1.24 bits per heavy atom. The number of para-hydroxylation sites is 1. The van der Waals surface area contributed by atoms with Gasteiger partial charge in [0.2, 0.25) is 10.0 Å². The average molecular weight is 372 g/mol. The molecule has 3 aromatic rings. The predicted molar refractivity (Wildman–Crippen MR) is 96.9 cm³/mol. The summed E-state index contributed by atoms with van der Waals surface area (Å²) in [5, 5.41) is 15.1. The third kappa shape index (κ3) is 3.49. The second-order valence-electron chi connectivity index (χ2n) is 5.33. The molecule has 2 heterocycles. The standard InChI is InChI=1S/C17H16N4O2S2/c1-20(11-6-10-18)25(22,23)16-13-21(14-7-3-2-4-8-14)19-17(16)15-9-5-12-24-15/h2-5,7-9,12-13H,6,11H2,1H3. The maximum Gasteiger partial charge on any atom is 0.246 e. The summed E-state index contributed by atoms with van der Waals surface area (Å²) in [5.74, 6) is 0. The van der Waals surface area contributed by atoms with E-state index in [4.69, 9.17) is 5.26 Å². The van der Waals surface area contributed by atoms with Crippen LogP contribution in [0.4, 0.5) is 0 Å². The minimum atomic E-state index is -3.75. The number of nitriles is 1. The molecule has 0 amide bonds. The SMILES string of the molecule is CN(CCC#N)S(=O)(=O)c1cn(-c2ccccc2)nc1-c1cccs1. The molecule has 1 aromatic carbocycles. The van der Waals surface area contributed by atoms with Crippen LogP contribution in [0.2, 0.25) is 0 Å². The van der Waals surface area contributed by atoms with Crippen LogP contribution in [0, 0.1) is 11.3 Å². The largest absolute Gasteiger partial charge is 0.246 e. The monoisotopic (exact) mass is 372 g/mol. The summed E-state index contributed by atoms with van der Waals surface area (Å²) in [6, 6.07) is 15.0. The molecule has 0 fully saturated rings. The number of aromatic nitrogens is 2. The topological polar surface area (TPSA) is 79.0 Å². The van der Waals surface area contributed by atoms with Crippen LogP contribution in [0.1, 0.15) is 6.42 Å². The second-order valence-corrected chi connectivity index (χ2v) is 8.30. The minimum absolute atomic E-state index is 0.136. The summed E-state index contributed by atoms with van der Waals surface area (Å²) in [7, 11) is -2.27. The number of benzene rings is 1. The molecular weight excluding hydrogens is 356 g/mol. The quantitative estimate of drug-likeness (QED) is 0.666. The molecule has 0 atom stereocenters. The van der Waals surface area contributed by atoms with Crippen LogP contribution in [0.25, 0.3) is 16.3 Å². The summed E-state index contributed by atoms with van der Waals surface area (Å²) in [4.78, 5) is 0.918. The van der Waals surface area contributed by atoms with Crippen molar-refractivity contribution in [3.63, 3.8) is 0 Å². The minimum Gasteiger partial charge on any atom is -0.239 e. The zero-order chi connectivity index (χ0) is 17.9. The highest BCUT2D eigenvalue weighted by molar-refractivity contribution is 7.89. The number of nitrogens with zero attached hydrogens (tertiary/aromatic N) is 4. The van der Waals surface area contributed by atoms with Gasteiger partial charge < -0.3 is 0 Å². The molecule has 6 nitrogen and oxygen atoms in total. The maximum atomic E-state index is 13.0. The first-order valence-corrected chi connectivity index (χ1v) is 9.88. The van der Waals surface area contributed by atoms with Gasteiger partial charge >= 0.3 is 0 Å². The fraction of sp³-hybridized carbons (Fsp3) is 0.176. The zero-order valence-corrected chi connectivity index (χ0v) is 15.2. The van der Waals surface area contributed by atoms with Crippen LogP contribution in [0.3, 0.4) is 0 Å². The smallest absolute Gasteiger partial charge is 0.239 e. The molecule has 0 saturated carbocycles. The fourth-order valence-corrected chi connectivity index (χ4v) is 4.42. The summed E-state index contributed by atoms with van der Waals surface area (Å²) in [6.07, 6.45) is 1.67. The van der Waals surface area contributed by atoms with Gasteiger partial charge in [-0.2, -0.15) is 14.7 Å². The second kappa shape index (κ2) is 7.19. The van der Waals surface area contributed by atoms with Crippen molar-refractivity contribution in [2.24, 2.45) is 0 Å². The number of rotatable bonds is 6. The van der Waals surface area contributed by atoms with E-state index in [1.54, 1.807) is 4.68 Å². The number of hydrogen-bond acceptors (Lipinski definition) is 5. The molecule has 0 unspecified atom stereocenters. The van der Waals surface area contributed by atoms with E-state index in [1.807, 2.05) is 53.9 Å². The lowest BCUT2D eigenvalue weighted by atomic mass is 10.3. The summed E-state index contributed by atoms with van der Waals surface area (Å²) >= 11 is 1.43. The number of sulfonamides is 1. The van der Waals surface area contributed by atoms with Crippen molar-refractivity contribution in [3.05, 3.63) is 54.0 Å². The molecule has 0 radical (unpaired) electrons. The number of thiophene rings is 1. The van der Waals surface area contributed by atoms with Crippen molar-refractivity contribution < 1.29 is 8.42 Å². The van der Waals surface area contributed by atoms with Gasteiger partial charge in [0, 0.05) is 20.0 Å². The first-order chi connectivity index (χ1) is 12.0. The van der Waals surface area contributed by atoms with Crippen molar-refractivity contribution in [1.29, 1.82) is 5.26 Å². The third-order valence-corrected chi connectivity index (χ3v) is 6.42. The normalized spacial score (nSPS) is 11.6. The van der Waals surface area contributed by atoms with Crippen molar-refractivity contribution >= 4 is 21.4 Å². The lowest BCUT2D eigenvalue weighted by Crippen LogP contribution is -2.28. The van der Waals surface area contributed by atoms with Gasteiger partial charge in [0.05, 0.1) is 22.8 Å². The Labute approximate surface area is 150 Å². The zero-order valence-electron chi connectivity index (χ0n) is 13.5. The van der Waals surface area contributed by atoms with Crippen LogP contribution in [-0.4, -0.2) is 36.1 Å². The van der Waals surface area contributed by atoms with Crippen LogP contribution in [0.15, 0.2) is 58.9 Å². The van der Waals surface area contributed by atoms with E-state index in [1.165, 1.54) is 28.9 Å². The molecule has 0 aliphatic heterocycles. The van der Waals surface area contributed by atoms with E-state index in [0.29, 0.717) is 5.69 Å². The molecule has 0 bridgehead atoms. The molecule has 8 heteroatoms. The first-order valence-electron chi connectivity index (χ1n) is 7.56. The van der Waals surface area contributed by atoms with Gasteiger partial charge in [-0.25, -0.2) is 13.1 Å². The molecule has 0 spiro atoms. The van der Waals surface area contributed by atoms with E-state index in [-0.39, 0.29) is 17.9 Å². The van der Waals surface area contributed by atoms with Crippen molar-refractivity contribution in [2.45, 2.75) is 11.3 Å². The maximum absolute atomic E-state index is 13.0. The highest BCUT2D eigenvalue weighted by atomic mass is 32.2. The van der Waals surface area contributed by atoms with Crippen LogP contribution in [-0.2, 0) is 10.0 Å². The molecule has 0 N–H and O–H groups in total. The Morgan fingerprint density at radius 2 is 2.00 bits per heavy atom. The van der Waals surface area contributed by atoms with Gasteiger partial charge in [-0.15, -0.1) is 11.3 Å². The van der Waals surface area contributed by atoms with Gasteiger partial charge in [-0.1, -0.05) is 24.3 Å². The highest BCUT2D eigenvalue weighted by Crippen LogP contribution is 2.32. The van der Waals surface area contributed by atoms with E-state index in [2.05, 4.69) is 5.10 Å². The van der Waals surface area contributed by atoms with Crippen molar-refractivity contribution in [1.82, 2.24) is 14.1 Å². The highest BCUT2D eigenvalue weighted by Gasteiger charge is 2.28. The molecule has 0 aliphatic carbocycles. The van der Waals surface area contributed by atoms with Crippen molar-refractivity contribution in [2.75, 3.05) is 13.6 Å². The molecule has 128 valence electrons. The van der Waals surface area contributed by atoms with E-state index >= 15 is 0 Å². The van der Waals surface area contributed by atoms with Crippen LogP contribution < -0.4 is 0 Å². The Morgan fingerprint density at radius 3 is 2.64 bits per heavy atom. The van der Waals surface area contributed by atoms with E-state index in [9.17, 15) is 8.42 Å². The Bertz CT molecular complexity index is 987. The van der Waals surface area contributed by atoms with Gasteiger partial charge in [0.15, 0.2) is 0 Å². The molecular formula is C17H16N4O2S2. The van der Waals surface area contributed by atoms with Gasteiger partial charge in [0.25, 0.3) is 0 Å². The Kier molecular flexibility index (Phi) is 4.99. The molecule has 25 heavy (non-hydrogen) atoms. The summed E-state index contributed by atoms with van der Waals surface area (Å²) in [5.41, 5.74) is 1.20. The van der Waals surface area contributed by atoms with Gasteiger partial charge in [-0.3, -0.25) is 0 Å². The third-order valence-electron chi connectivity index (χ3n) is 3.68. The predicted octanol–water partition coefficient (Wildman–Crippen LogP) is 3.13. The first kappa shape index (κ1) is 17.4. The average Bonchev–Trinajstić information content (AvgIpc) is 3.29.